The van der Waals surface area contributed by atoms with Crippen LogP contribution in [0.1, 0.15) is 26.3 Å². The lowest BCUT2D eigenvalue weighted by Crippen LogP contribution is -2.40. The number of hydrogen-bond donors (Lipinski definition) is 1. The van der Waals surface area contributed by atoms with Crippen LogP contribution in [0.15, 0.2) is 41.0 Å². The number of amides is 1. The quantitative estimate of drug-likeness (QED) is 0.540. The number of fused-ring (bicyclic) bond motifs is 1. The number of carbonyl (C=O) groups excluding carboxylic acids is 1. The third kappa shape index (κ3) is 4.93. The summed E-state index contributed by atoms with van der Waals surface area (Å²) in [5.74, 6) is 0.111. The second-order valence-corrected chi connectivity index (χ2v) is 7.19. The van der Waals surface area contributed by atoms with E-state index < -0.39 is 11.9 Å². The molecular weight excluding hydrogens is 417 g/mol. The highest BCUT2D eigenvalue weighted by molar-refractivity contribution is 7.47. The largest absolute Gasteiger partial charge is 0.479 e. The smallest absolute Gasteiger partial charge is 0.263 e. The van der Waals surface area contributed by atoms with Crippen LogP contribution in [0.25, 0.3) is 10.9 Å². The molecule has 0 radical (unpaired) electrons. The number of nitrogens with one attached hydrogen (secondary N) is 1. The number of hydrogen-bond acceptors (Lipinski definition) is 7. The highest BCUT2D eigenvalue weighted by Crippen LogP contribution is 2.33. The number of aryl methyl sites for hydroxylation is 1. The van der Waals surface area contributed by atoms with Crippen molar-refractivity contribution in [2.45, 2.75) is 33.8 Å². The monoisotopic (exact) mass is 441 g/mol. The van der Waals surface area contributed by atoms with Gasteiger partial charge in [0.2, 0.25) is 0 Å². The summed E-state index contributed by atoms with van der Waals surface area (Å²) in [4.78, 5) is 22.9. The number of benzene rings is 2. The average molecular weight is 442 g/mol. The van der Waals surface area contributed by atoms with Crippen LogP contribution in [0.2, 0.25) is 0 Å². The van der Waals surface area contributed by atoms with Gasteiger partial charge in [-0.3, -0.25) is 4.79 Å². The van der Waals surface area contributed by atoms with Crippen LogP contribution in [-0.2, 0) is 17.2 Å². The maximum absolute atomic E-state index is 14.0. The van der Waals surface area contributed by atoms with E-state index in [0.717, 1.165) is 10.9 Å². The molecule has 162 valence electrons. The van der Waals surface area contributed by atoms with Crippen molar-refractivity contribution in [2.24, 2.45) is 4.36 Å². The van der Waals surface area contributed by atoms with Crippen molar-refractivity contribution in [3.05, 3.63) is 48.0 Å². The molecule has 0 aliphatic rings. The Kier molecular flexibility index (Phi) is 7.06. The molecule has 3 aromatic rings. The Labute approximate surface area is 185 Å². The summed E-state index contributed by atoms with van der Waals surface area (Å²) in [5, 5.41) is 3.98. The summed E-state index contributed by atoms with van der Waals surface area (Å²) < 4.78 is 23.6. The molecule has 1 aromatic heterocycles. The maximum Gasteiger partial charge on any atom is 0.263 e. The predicted molar refractivity (Wildman–Crippen MR) is 121 cm³/mol. The van der Waals surface area contributed by atoms with Gasteiger partial charge in [-0.05, 0) is 57.5 Å². The normalized spacial score (nSPS) is 11.8. The summed E-state index contributed by atoms with van der Waals surface area (Å²) in [6.45, 7) is 8.50. The molecule has 1 N–H and O–H groups in total. The second-order valence-electron chi connectivity index (χ2n) is 7.01. The molecule has 1 heterocycles. The van der Waals surface area contributed by atoms with E-state index in [1.807, 2.05) is 26.8 Å². The molecule has 7 nitrogen and oxygen atoms in total. The van der Waals surface area contributed by atoms with Crippen molar-refractivity contribution in [3.8, 4) is 5.75 Å². The third-order valence-electron chi connectivity index (χ3n) is 4.95. The Balaban J connectivity index is 1.97. The first-order valence-corrected chi connectivity index (χ1v) is 10.3. The first-order valence-electron chi connectivity index (χ1n) is 9.98. The van der Waals surface area contributed by atoms with Crippen LogP contribution in [0, 0.1) is 12.7 Å². The van der Waals surface area contributed by atoms with E-state index in [2.05, 4.69) is 19.6 Å². The molecule has 0 aliphatic heterocycles. The fourth-order valence-electron chi connectivity index (χ4n) is 3.38. The molecule has 3 rings (SSSR count). The van der Waals surface area contributed by atoms with Gasteiger partial charge in [-0.15, -0.1) is 0 Å². The molecular formula is C22H24FN5O2S. The van der Waals surface area contributed by atoms with Crippen LogP contribution in [0.3, 0.4) is 0 Å². The SMILES string of the molecule is CCN(CC)C(=O)[C@@H](C)Oc1cc(F)ccc1Nc1ncnc2cc(N=S)cc(C)c12. The van der Waals surface area contributed by atoms with Crippen molar-refractivity contribution in [2.75, 3.05) is 18.4 Å². The number of likely N-dealkylation sites (N-methyl/N-ethyl adjacent to an activating group) is 1. The zero-order valence-electron chi connectivity index (χ0n) is 17.8. The number of ether oxygens (including phenoxy) is 1. The van der Waals surface area contributed by atoms with E-state index in [9.17, 15) is 9.18 Å². The molecule has 0 aliphatic carbocycles. The van der Waals surface area contributed by atoms with Gasteiger partial charge in [0.1, 0.15) is 23.7 Å². The Morgan fingerprint density at radius 1 is 1.26 bits per heavy atom. The van der Waals surface area contributed by atoms with E-state index in [1.54, 1.807) is 24.0 Å². The molecule has 31 heavy (non-hydrogen) atoms. The van der Waals surface area contributed by atoms with Crippen molar-refractivity contribution in [3.63, 3.8) is 0 Å². The molecule has 1 amide bonds. The van der Waals surface area contributed by atoms with Crippen molar-refractivity contribution >= 4 is 46.4 Å². The molecule has 0 fully saturated rings. The van der Waals surface area contributed by atoms with Gasteiger partial charge in [0.05, 0.1) is 16.9 Å². The van der Waals surface area contributed by atoms with Gasteiger partial charge in [0.15, 0.2) is 6.10 Å². The fourth-order valence-corrected chi connectivity index (χ4v) is 3.48. The van der Waals surface area contributed by atoms with Crippen LogP contribution in [0.4, 0.5) is 21.6 Å². The standard InChI is InChI=1S/C22H24FN5O2S/c1-5-28(6-2)22(29)14(4)30-19-10-15(23)7-8-17(19)26-21-20-13(3)9-16(27-31)11-18(20)24-12-25-21/h7-12,14H,5-6H2,1-4H3,(H,24,25,26)/t14-/m1/s1. The molecule has 2 aromatic carbocycles. The molecule has 0 saturated carbocycles. The topological polar surface area (TPSA) is 79.7 Å². The van der Waals surface area contributed by atoms with Gasteiger partial charge in [0.25, 0.3) is 5.91 Å². The van der Waals surface area contributed by atoms with Crippen LogP contribution < -0.4 is 10.1 Å². The zero-order valence-corrected chi connectivity index (χ0v) is 18.7. The first-order chi connectivity index (χ1) is 14.9. The number of aromatic nitrogens is 2. The van der Waals surface area contributed by atoms with Gasteiger partial charge in [-0.1, -0.05) is 0 Å². The first kappa shape index (κ1) is 22.5. The number of anilines is 2. The molecule has 1 atom stereocenters. The van der Waals surface area contributed by atoms with Gasteiger partial charge < -0.3 is 15.0 Å². The molecule has 9 heteroatoms. The van der Waals surface area contributed by atoms with Gasteiger partial charge >= 0.3 is 0 Å². The maximum atomic E-state index is 14.0. The van der Waals surface area contributed by atoms with E-state index in [-0.39, 0.29) is 11.7 Å². The minimum atomic E-state index is -0.776. The Morgan fingerprint density at radius 2 is 2.00 bits per heavy atom. The molecule has 0 bridgehead atoms. The molecule has 0 spiro atoms. The van der Waals surface area contributed by atoms with Gasteiger partial charge in [-0.2, -0.15) is 4.36 Å². The highest BCUT2D eigenvalue weighted by Gasteiger charge is 2.21. The van der Waals surface area contributed by atoms with E-state index in [1.165, 1.54) is 18.5 Å². The van der Waals surface area contributed by atoms with Crippen LogP contribution >= 0.6 is 0 Å². The Hall–Kier alpha value is -3.20. The van der Waals surface area contributed by atoms with E-state index in [0.29, 0.717) is 35.8 Å². The summed E-state index contributed by atoms with van der Waals surface area (Å²) in [6.07, 6.45) is 0.649. The minimum absolute atomic E-state index is 0.163. The molecule has 0 saturated heterocycles. The zero-order chi connectivity index (χ0) is 22.5. The fraction of sp³-hybridized carbons (Fsp3) is 0.318. The minimum Gasteiger partial charge on any atom is -0.479 e. The van der Waals surface area contributed by atoms with Gasteiger partial charge in [0, 0.05) is 37.0 Å². The third-order valence-corrected chi connectivity index (χ3v) is 5.16. The highest BCUT2D eigenvalue weighted by atomic mass is 32.1. The van der Waals surface area contributed by atoms with E-state index >= 15 is 0 Å². The summed E-state index contributed by atoms with van der Waals surface area (Å²) in [7, 11) is 0. The summed E-state index contributed by atoms with van der Waals surface area (Å²) >= 11 is 4.79. The lowest BCUT2D eigenvalue weighted by Gasteiger charge is -2.24. The van der Waals surface area contributed by atoms with E-state index in [4.69, 9.17) is 17.2 Å². The number of nitrogens with zero attached hydrogens (tertiary/aromatic N) is 4. The van der Waals surface area contributed by atoms with Crippen molar-refractivity contribution in [1.82, 2.24) is 14.9 Å². The Bertz CT molecular complexity index is 1120. The lowest BCUT2D eigenvalue weighted by molar-refractivity contribution is -0.137. The number of carbonyl (C=O) groups is 1. The Morgan fingerprint density at radius 3 is 2.68 bits per heavy atom. The lowest BCUT2D eigenvalue weighted by atomic mass is 10.1. The van der Waals surface area contributed by atoms with Crippen molar-refractivity contribution in [1.29, 1.82) is 0 Å². The van der Waals surface area contributed by atoms with Crippen LogP contribution in [-0.4, -0.2) is 40.0 Å². The number of rotatable bonds is 8. The van der Waals surface area contributed by atoms with Crippen molar-refractivity contribution < 1.29 is 13.9 Å². The second kappa shape index (κ2) is 9.74. The predicted octanol–water partition coefficient (Wildman–Crippen LogP) is 4.82. The molecule has 0 unspecified atom stereocenters. The number of halogens is 1. The van der Waals surface area contributed by atoms with Gasteiger partial charge in [-0.25, -0.2) is 14.4 Å². The summed E-state index contributed by atoms with van der Waals surface area (Å²) in [6, 6.07) is 7.73. The average Bonchev–Trinajstić information content (AvgIpc) is 2.76. The van der Waals surface area contributed by atoms with Crippen LogP contribution in [0.5, 0.6) is 5.75 Å². The summed E-state index contributed by atoms with van der Waals surface area (Å²) in [5.41, 5.74) is 2.69.